The number of amides is 1. The Morgan fingerprint density at radius 1 is 1.80 bits per heavy atom. The van der Waals surface area contributed by atoms with E-state index in [-0.39, 0.29) is 5.91 Å². The van der Waals surface area contributed by atoms with Crippen LogP contribution < -0.4 is 4.90 Å². The molecule has 0 fully saturated rings. The molecule has 0 unspecified atom stereocenters. The molecule has 54 valence electrons. The number of nitrogens with zero attached hydrogens (tertiary/aromatic N) is 2. The SMILES string of the molecule is CC(=O)N(C)c1cn[nH]c1. The maximum atomic E-state index is 10.7. The second kappa shape index (κ2) is 2.51. The Morgan fingerprint density at radius 3 is 2.90 bits per heavy atom. The molecule has 0 bridgehead atoms. The fourth-order valence-corrected chi connectivity index (χ4v) is 0.609. The van der Waals surface area contributed by atoms with Crippen molar-refractivity contribution in [2.24, 2.45) is 0 Å². The van der Waals surface area contributed by atoms with Gasteiger partial charge in [-0.2, -0.15) is 5.10 Å². The molecule has 1 heterocycles. The summed E-state index contributed by atoms with van der Waals surface area (Å²) < 4.78 is 0. The molecule has 0 aliphatic carbocycles. The van der Waals surface area contributed by atoms with Crippen molar-refractivity contribution in [1.29, 1.82) is 0 Å². The highest BCUT2D eigenvalue weighted by molar-refractivity contribution is 5.90. The van der Waals surface area contributed by atoms with Crippen LogP contribution in [0.3, 0.4) is 0 Å². The number of anilines is 1. The maximum Gasteiger partial charge on any atom is 0.223 e. The summed E-state index contributed by atoms with van der Waals surface area (Å²) >= 11 is 0. The normalized spacial score (nSPS) is 9.40. The van der Waals surface area contributed by atoms with Crippen molar-refractivity contribution >= 4 is 11.6 Å². The van der Waals surface area contributed by atoms with Crippen molar-refractivity contribution in [2.45, 2.75) is 6.92 Å². The summed E-state index contributed by atoms with van der Waals surface area (Å²) in [6.45, 7) is 1.51. The van der Waals surface area contributed by atoms with Gasteiger partial charge >= 0.3 is 0 Å². The summed E-state index contributed by atoms with van der Waals surface area (Å²) in [5.41, 5.74) is 0.785. The summed E-state index contributed by atoms with van der Waals surface area (Å²) in [6, 6.07) is 0. The number of carbonyl (C=O) groups excluding carboxylic acids is 1. The Balaban J connectivity index is 2.77. The van der Waals surface area contributed by atoms with E-state index in [9.17, 15) is 4.79 Å². The van der Waals surface area contributed by atoms with E-state index in [4.69, 9.17) is 0 Å². The molecule has 4 nitrogen and oxygen atoms in total. The predicted octanol–water partition coefficient (Wildman–Crippen LogP) is 0.392. The highest BCUT2D eigenvalue weighted by Gasteiger charge is 2.04. The quantitative estimate of drug-likeness (QED) is 0.612. The van der Waals surface area contributed by atoms with Crippen LogP contribution in [-0.2, 0) is 4.79 Å². The zero-order chi connectivity index (χ0) is 7.56. The first-order valence-electron chi connectivity index (χ1n) is 2.95. The lowest BCUT2D eigenvalue weighted by Gasteiger charge is -2.10. The van der Waals surface area contributed by atoms with Gasteiger partial charge in [0, 0.05) is 20.2 Å². The summed E-state index contributed by atoms with van der Waals surface area (Å²) in [7, 11) is 1.70. The van der Waals surface area contributed by atoms with Crippen molar-refractivity contribution in [3.05, 3.63) is 12.4 Å². The average molecular weight is 139 g/mol. The second-order valence-electron chi connectivity index (χ2n) is 2.03. The third kappa shape index (κ3) is 1.15. The van der Waals surface area contributed by atoms with Crippen molar-refractivity contribution in [3.8, 4) is 0 Å². The van der Waals surface area contributed by atoms with E-state index in [1.165, 1.54) is 11.8 Å². The van der Waals surface area contributed by atoms with Gasteiger partial charge in [0.2, 0.25) is 5.91 Å². The number of aromatic nitrogens is 2. The standard InChI is InChI=1S/C6H9N3O/c1-5(10)9(2)6-3-7-8-4-6/h3-4H,1-2H3,(H,7,8). The first kappa shape index (κ1) is 6.80. The van der Waals surface area contributed by atoms with Gasteiger partial charge < -0.3 is 4.90 Å². The maximum absolute atomic E-state index is 10.7. The molecule has 1 N–H and O–H groups in total. The minimum Gasteiger partial charge on any atom is -0.313 e. The molecule has 0 spiro atoms. The smallest absolute Gasteiger partial charge is 0.223 e. The zero-order valence-corrected chi connectivity index (χ0v) is 5.96. The first-order valence-corrected chi connectivity index (χ1v) is 2.95. The van der Waals surface area contributed by atoms with Gasteiger partial charge in [0.15, 0.2) is 0 Å². The molecule has 1 aromatic rings. The van der Waals surface area contributed by atoms with Crippen LogP contribution in [-0.4, -0.2) is 23.2 Å². The van der Waals surface area contributed by atoms with Crippen LogP contribution in [0.25, 0.3) is 0 Å². The molecule has 0 saturated heterocycles. The van der Waals surface area contributed by atoms with Crippen molar-refractivity contribution in [3.63, 3.8) is 0 Å². The van der Waals surface area contributed by atoms with Crippen LogP contribution in [0.1, 0.15) is 6.92 Å². The van der Waals surface area contributed by atoms with Gasteiger partial charge in [0.05, 0.1) is 11.9 Å². The lowest BCUT2D eigenvalue weighted by Crippen LogP contribution is -2.22. The van der Waals surface area contributed by atoms with Crippen LogP contribution in [0.5, 0.6) is 0 Å². The summed E-state index contributed by atoms with van der Waals surface area (Å²) in [5, 5.41) is 6.33. The number of rotatable bonds is 1. The second-order valence-corrected chi connectivity index (χ2v) is 2.03. The Hall–Kier alpha value is -1.32. The molecular weight excluding hydrogens is 130 g/mol. The van der Waals surface area contributed by atoms with E-state index in [1.807, 2.05) is 0 Å². The van der Waals surface area contributed by atoms with Gasteiger partial charge in [-0.25, -0.2) is 0 Å². The van der Waals surface area contributed by atoms with Crippen LogP contribution in [0.15, 0.2) is 12.4 Å². The number of carbonyl (C=O) groups is 1. The Kier molecular flexibility index (Phi) is 1.71. The van der Waals surface area contributed by atoms with Crippen LogP contribution in [0.2, 0.25) is 0 Å². The summed E-state index contributed by atoms with van der Waals surface area (Å²) in [6.07, 6.45) is 3.27. The minimum atomic E-state index is 0.00130. The van der Waals surface area contributed by atoms with Crippen LogP contribution in [0, 0.1) is 0 Å². The molecule has 0 aliphatic rings. The number of aromatic amines is 1. The number of hydrogen-bond donors (Lipinski definition) is 1. The molecule has 0 atom stereocenters. The Labute approximate surface area is 58.8 Å². The van der Waals surface area contributed by atoms with Crippen molar-refractivity contribution in [2.75, 3.05) is 11.9 Å². The molecular formula is C6H9N3O. The van der Waals surface area contributed by atoms with E-state index in [0.29, 0.717) is 0 Å². The first-order chi connectivity index (χ1) is 4.72. The highest BCUT2D eigenvalue weighted by atomic mass is 16.2. The molecule has 1 aromatic heterocycles. The average Bonchev–Trinajstić information content (AvgIpc) is 2.36. The number of H-pyrrole nitrogens is 1. The van der Waals surface area contributed by atoms with Crippen molar-refractivity contribution in [1.82, 2.24) is 10.2 Å². The van der Waals surface area contributed by atoms with Gasteiger partial charge in [-0.15, -0.1) is 0 Å². The lowest BCUT2D eigenvalue weighted by molar-refractivity contribution is -0.116. The molecule has 0 aliphatic heterocycles. The van der Waals surface area contributed by atoms with E-state index in [0.717, 1.165) is 5.69 Å². The number of hydrogen-bond acceptors (Lipinski definition) is 2. The molecule has 4 heteroatoms. The van der Waals surface area contributed by atoms with E-state index in [2.05, 4.69) is 10.2 Å². The molecule has 1 amide bonds. The Bertz CT molecular complexity index is 217. The minimum absolute atomic E-state index is 0.00130. The van der Waals surface area contributed by atoms with Gasteiger partial charge in [0.25, 0.3) is 0 Å². The molecule has 10 heavy (non-hydrogen) atoms. The lowest BCUT2D eigenvalue weighted by atomic mass is 10.5. The fraction of sp³-hybridized carbons (Fsp3) is 0.333. The van der Waals surface area contributed by atoms with Gasteiger partial charge in [-0.1, -0.05) is 0 Å². The van der Waals surface area contributed by atoms with Crippen LogP contribution >= 0.6 is 0 Å². The third-order valence-corrected chi connectivity index (χ3v) is 1.34. The molecule has 0 aromatic carbocycles. The largest absolute Gasteiger partial charge is 0.313 e. The zero-order valence-electron chi connectivity index (χ0n) is 5.96. The van der Waals surface area contributed by atoms with E-state index < -0.39 is 0 Å². The molecule has 0 saturated carbocycles. The summed E-state index contributed by atoms with van der Waals surface area (Å²) in [4.78, 5) is 12.2. The predicted molar refractivity (Wildman–Crippen MR) is 37.7 cm³/mol. The van der Waals surface area contributed by atoms with Gasteiger partial charge in [0.1, 0.15) is 0 Å². The monoisotopic (exact) mass is 139 g/mol. The van der Waals surface area contributed by atoms with E-state index in [1.54, 1.807) is 19.4 Å². The number of nitrogens with one attached hydrogen (secondary N) is 1. The topological polar surface area (TPSA) is 49.0 Å². The molecule has 0 radical (unpaired) electrons. The van der Waals surface area contributed by atoms with Crippen LogP contribution in [0.4, 0.5) is 5.69 Å². The summed E-state index contributed by atoms with van der Waals surface area (Å²) in [5.74, 6) is 0.00130. The Morgan fingerprint density at radius 2 is 2.50 bits per heavy atom. The fourth-order valence-electron chi connectivity index (χ4n) is 0.609. The third-order valence-electron chi connectivity index (χ3n) is 1.34. The van der Waals surface area contributed by atoms with E-state index >= 15 is 0 Å². The molecule has 1 rings (SSSR count). The van der Waals surface area contributed by atoms with Gasteiger partial charge in [-0.05, 0) is 0 Å². The van der Waals surface area contributed by atoms with Crippen molar-refractivity contribution < 1.29 is 4.79 Å². The van der Waals surface area contributed by atoms with Gasteiger partial charge in [-0.3, -0.25) is 9.89 Å². The highest BCUT2D eigenvalue weighted by Crippen LogP contribution is 2.07.